The lowest BCUT2D eigenvalue weighted by atomic mass is 10.3. The smallest absolute Gasteiger partial charge is 0.267 e. The maximum atomic E-state index is 12.5. The van der Waals surface area contributed by atoms with Gasteiger partial charge in [0.15, 0.2) is 0 Å². The number of hydrogen-bond donors (Lipinski definition) is 1. The lowest BCUT2D eigenvalue weighted by molar-refractivity contribution is 0.103. The van der Waals surface area contributed by atoms with Gasteiger partial charge in [-0.1, -0.05) is 24.3 Å². The number of carbonyl (C=O) groups excluding carboxylic acids is 1. The van der Waals surface area contributed by atoms with Crippen LogP contribution in [0.25, 0.3) is 16.3 Å². The van der Waals surface area contributed by atoms with E-state index in [1.165, 1.54) is 11.5 Å². The summed E-state index contributed by atoms with van der Waals surface area (Å²) in [6.07, 6.45) is 1.84. The minimum Gasteiger partial charge on any atom is -0.318 e. The standard InChI is InChI=1S/C18H14N4OS2/c1-12-10-16(25-21-12)18(23)19-14-11-22(13-6-3-2-4-7-13)20-17(14)15-8-5-9-24-15/h2-11H,1H3,(H,19,23). The van der Waals surface area contributed by atoms with Crippen LogP contribution < -0.4 is 5.32 Å². The van der Waals surface area contributed by atoms with E-state index in [2.05, 4.69) is 14.8 Å². The Morgan fingerprint density at radius 2 is 2.00 bits per heavy atom. The number of rotatable bonds is 4. The quantitative estimate of drug-likeness (QED) is 0.573. The van der Waals surface area contributed by atoms with E-state index in [4.69, 9.17) is 0 Å². The van der Waals surface area contributed by atoms with E-state index in [0.29, 0.717) is 10.6 Å². The van der Waals surface area contributed by atoms with Gasteiger partial charge >= 0.3 is 0 Å². The lowest BCUT2D eigenvalue weighted by Crippen LogP contribution is -2.10. The molecule has 4 aromatic rings. The topological polar surface area (TPSA) is 59.8 Å². The van der Waals surface area contributed by atoms with Crippen LogP contribution in [0, 0.1) is 6.92 Å². The fraction of sp³-hybridized carbons (Fsp3) is 0.0556. The van der Waals surface area contributed by atoms with Crippen molar-refractivity contribution >= 4 is 34.5 Å². The zero-order valence-electron chi connectivity index (χ0n) is 13.3. The minimum atomic E-state index is -0.170. The summed E-state index contributed by atoms with van der Waals surface area (Å²) in [5.41, 5.74) is 3.22. The van der Waals surface area contributed by atoms with Crippen LogP contribution in [0.15, 0.2) is 60.1 Å². The van der Waals surface area contributed by atoms with Gasteiger partial charge in [0.05, 0.1) is 28.1 Å². The molecule has 3 aromatic heterocycles. The van der Waals surface area contributed by atoms with Gasteiger partial charge in [-0.25, -0.2) is 4.68 Å². The number of anilines is 1. The molecule has 0 radical (unpaired) electrons. The summed E-state index contributed by atoms with van der Waals surface area (Å²) in [6.45, 7) is 1.87. The number of para-hydroxylation sites is 1. The van der Waals surface area contributed by atoms with Gasteiger partial charge in [0.2, 0.25) is 0 Å². The van der Waals surface area contributed by atoms with Crippen molar-refractivity contribution in [3.8, 4) is 16.3 Å². The van der Waals surface area contributed by atoms with E-state index in [9.17, 15) is 4.79 Å². The third kappa shape index (κ3) is 3.24. The first-order valence-electron chi connectivity index (χ1n) is 7.64. The zero-order valence-corrected chi connectivity index (χ0v) is 15.0. The van der Waals surface area contributed by atoms with E-state index < -0.39 is 0 Å². The van der Waals surface area contributed by atoms with Crippen LogP contribution >= 0.6 is 22.9 Å². The molecular formula is C18H14N4OS2. The van der Waals surface area contributed by atoms with E-state index in [0.717, 1.165) is 22.0 Å². The molecule has 0 fully saturated rings. The monoisotopic (exact) mass is 366 g/mol. The average molecular weight is 366 g/mol. The Hall–Kier alpha value is -2.77. The fourth-order valence-corrected chi connectivity index (χ4v) is 3.80. The van der Waals surface area contributed by atoms with Crippen molar-refractivity contribution in [3.05, 3.63) is 70.7 Å². The summed E-state index contributed by atoms with van der Waals surface area (Å²) in [6, 6.07) is 15.6. The van der Waals surface area contributed by atoms with Crippen molar-refractivity contribution in [2.24, 2.45) is 0 Å². The van der Waals surface area contributed by atoms with E-state index in [1.807, 2.05) is 61.0 Å². The second-order valence-corrected chi connectivity index (χ2v) is 7.19. The highest BCUT2D eigenvalue weighted by atomic mass is 32.1. The minimum absolute atomic E-state index is 0.170. The van der Waals surface area contributed by atoms with Crippen molar-refractivity contribution in [3.63, 3.8) is 0 Å². The molecule has 0 atom stereocenters. The summed E-state index contributed by atoms with van der Waals surface area (Å²) in [4.78, 5) is 14.1. The van der Waals surface area contributed by atoms with Gasteiger partial charge in [0, 0.05) is 0 Å². The average Bonchev–Trinajstić information content (AvgIpc) is 3.35. The second-order valence-electron chi connectivity index (χ2n) is 5.44. The maximum absolute atomic E-state index is 12.5. The van der Waals surface area contributed by atoms with Crippen LogP contribution in [0.5, 0.6) is 0 Å². The van der Waals surface area contributed by atoms with Crippen LogP contribution in [-0.4, -0.2) is 20.1 Å². The molecule has 1 amide bonds. The van der Waals surface area contributed by atoms with Gasteiger partial charge < -0.3 is 5.32 Å². The van der Waals surface area contributed by atoms with E-state index in [-0.39, 0.29) is 5.91 Å². The van der Waals surface area contributed by atoms with Crippen LogP contribution in [0.3, 0.4) is 0 Å². The number of nitrogens with one attached hydrogen (secondary N) is 1. The number of hydrogen-bond acceptors (Lipinski definition) is 5. The highest BCUT2D eigenvalue weighted by molar-refractivity contribution is 7.13. The van der Waals surface area contributed by atoms with Gasteiger partial charge in [0.25, 0.3) is 5.91 Å². The Morgan fingerprint density at radius 1 is 1.16 bits per heavy atom. The van der Waals surface area contributed by atoms with Crippen molar-refractivity contribution in [1.82, 2.24) is 14.2 Å². The number of carbonyl (C=O) groups is 1. The van der Waals surface area contributed by atoms with Gasteiger partial charge in [-0.3, -0.25) is 4.79 Å². The molecule has 1 N–H and O–H groups in total. The van der Waals surface area contributed by atoms with Gasteiger partial charge in [0.1, 0.15) is 10.6 Å². The summed E-state index contributed by atoms with van der Waals surface area (Å²) < 4.78 is 5.95. The Labute approximate surface area is 152 Å². The number of aromatic nitrogens is 3. The third-order valence-corrected chi connectivity index (χ3v) is 5.35. The lowest BCUT2D eigenvalue weighted by Gasteiger charge is -2.01. The third-order valence-electron chi connectivity index (χ3n) is 3.59. The predicted molar refractivity (Wildman–Crippen MR) is 102 cm³/mol. The van der Waals surface area contributed by atoms with Crippen molar-refractivity contribution in [2.75, 3.05) is 5.32 Å². The number of benzene rings is 1. The Balaban J connectivity index is 1.72. The molecule has 0 saturated carbocycles. The van der Waals surface area contributed by atoms with Gasteiger partial charge in [-0.2, -0.15) is 9.47 Å². The van der Waals surface area contributed by atoms with E-state index >= 15 is 0 Å². The van der Waals surface area contributed by atoms with Crippen molar-refractivity contribution in [1.29, 1.82) is 0 Å². The molecule has 124 valence electrons. The molecule has 4 rings (SSSR count). The molecule has 3 heterocycles. The molecule has 0 spiro atoms. The first kappa shape index (κ1) is 15.7. The molecule has 25 heavy (non-hydrogen) atoms. The van der Waals surface area contributed by atoms with Crippen LogP contribution in [0.1, 0.15) is 15.4 Å². The van der Waals surface area contributed by atoms with E-state index in [1.54, 1.807) is 22.1 Å². The summed E-state index contributed by atoms with van der Waals surface area (Å²) >= 11 is 2.79. The molecular weight excluding hydrogens is 352 g/mol. The number of nitrogens with zero attached hydrogens (tertiary/aromatic N) is 3. The Morgan fingerprint density at radius 3 is 2.68 bits per heavy atom. The SMILES string of the molecule is Cc1cc(C(=O)Nc2cn(-c3ccccc3)nc2-c2cccs2)sn1. The highest BCUT2D eigenvalue weighted by Gasteiger charge is 2.17. The summed E-state index contributed by atoms with van der Waals surface area (Å²) in [5.74, 6) is -0.170. The molecule has 0 saturated heterocycles. The molecule has 0 aliphatic rings. The normalized spacial score (nSPS) is 10.8. The maximum Gasteiger partial charge on any atom is 0.267 e. The van der Waals surface area contributed by atoms with Crippen molar-refractivity contribution < 1.29 is 4.79 Å². The molecule has 5 nitrogen and oxygen atoms in total. The first-order chi connectivity index (χ1) is 12.2. The van der Waals surface area contributed by atoms with Crippen LogP contribution in [0.4, 0.5) is 5.69 Å². The molecule has 0 aliphatic carbocycles. The predicted octanol–water partition coefficient (Wildman–Crippen LogP) is 4.62. The fourth-order valence-electron chi connectivity index (χ4n) is 2.43. The zero-order chi connectivity index (χ0) is 17.2. The largest absolute Gasteiger partial charge is 0.318 e. The second kappa shape index (κ2) is 6.62. The molecule has 0 bridgehead atoms. The molecule has 0 unspecified atom stereocenters. The Kier molecular flexibility index (Phi) is 4.17. The van der Waals surface area contributed by atoms with Crippen LogP contribution in [-0.2, 0) is 0 Å². The van der Waals surface area contributed by atoms with Gasteiger partial charge in [-0.05, 0) is 48.1 Å². The van der Waals surface area contributed by atoms with Crippen molar-refractivity contribution in [2.45, 2.75) is 6.92 Å². The van der Waals surface area contributed by atoms with Gasteiger partial charge in [-0.15, -0.1) is 11.3 Å². The molecule has 7 heteroatoms. The number of aryl methyl sites for hydroxylation is 1. The molecule has 1 aromatic carbocycles. The first-order valence-corrected chi connectivity index (χ1v) is 9.29. The number of amides is 1. The molecule has 0 aliphatic heterocycles. The Bertz CT molecular complexity index is 1000. The highest BCUT2D eigenvalue weighted by Crippen LogP contribution is 2.31. The number of thiophene rings is 1. The summed E-state index contributed by atoms with van der Waals surface area (Å²) in [5, 5.41) is 9.64. The van der Waals surface area contributed by atoms with Crippen LogP contribution in [0.2, 0.25) is 0 Å². The summed E-state index contributed by atoms with van der Waals surface area (Å²) in [7, 11) is 0.